The molecule has 1 aromatic rings. The lowest BCUT2D eigenvalue weighted by atomic mass is 10.1. The van der Waals surface area contributed by atoms with Crippen LogP contribution in [0, 0.1) is 11.3 Å². The van der Waals surface area contributed by atoms with Crippen LogP contribution in [-0.4, -0.2) is 50.7 Å². The van der Waals surface area contributed by atoms with Crippen molar-refractivity contribution in [1.82, 2.24) is 10.2 Å². The maximum absolute atomic E-state index is 11.3. The van der Waals surface area contributed by atoms with Crippen LogP contribution in [0.4, 0.5) is 0 Å². The number of benzene rings is 1. The van der Waals surface area contributed by atoms with Gasteiger partial charge in [-0.2, -0.15) is 5.26 Å². The molecule has 1 saturated heterocycles. The summed E-state index contributed by atoms with van der Waals surface area (Å²) in [7, 11) is 1.63. The normalized spacial score (nSPS) is 14.6. The zero-order valence-corrected chi connectivity index (χ0v) is 14.9. The Balaban J connectivity index is 1.79. The number of likely N-dealkylation sites (tertiary alicyclic amines) is 1. The number of carbonyl (C=O) groups is 1. The first-order valence-electron chi connectivity index (χ1n) is 8.88. The molecule has 0 saturated carbocycles. The molecule has 6 nitrogen and oxygen atoms in total. The fourth-order valence-corrected chi connectivity index (χ4v) is 2.94. The van der Waals surface area contributed by atoms with Crippen molar-refractivity contribution in [1.29, 1.82) is 5.26 Å². The van der Waals surface area contributed by atoms with Gasteiger partial charge in [-0.25, -0.2) is 0 Å². The second-order valence-corrected chi connectivity index (χ2v) is 6.17. The van der Waals surface area contributed by atoms with E-state index >= 15 is 0 Å². The predicted octanol–water partition coefficient (Wildman–Crippen LogP) is 2.13. The van der Waals surface area contributed by atoms with E-state index < -0.39 is 0 Å². The Morgan fingerprint density at radius 3 is 2.80 bits per heavy atom. The minimum atomic E-state index is -0.243. The molecular formula is C19H27N3O3. The summed E-state index contributed by atoms with van der Waals surface area (Å²) >= 11 is 0. The van der Waals surface area contributed by atoms with Gasteiger partial charge in [0.15, 0.2) is 11.5 Å². The molecule has 25 heavy (non-hydrogen) atoms. The Morgan fingerprint density at radius 2 is 2.08 bits per heavy atom. The third kappa shape index (κ3) is 6.63. The van der Waals surface area contributed by atoms with Crippen LogP contribution in [0.3, 0.4) is 0 Å². The van der Waals surface area contributed by atoms with Crippen LogP contribution in [0.1, 0.15) is 31.2 Å². The molecule has 0 spiro atoms. The number of ether oxygens (including phenoxy) is 2. The summed E-state index contributed by atoms with van der Waals surface area (Å²) in [6.07, 6.45) is 4.48. The number of hydrogen-bond donors (Lipinski definition) is 1. The lowest BCUT2D eigenvalue weighted by molar-refractivity contribution is -0.120. The minimum absolute atomic E-state index is 0.104. The largest absolute Gasteiger partial charge is 0.493 e. The van der Waals surface area contributed by atoms with Gasteiger partial charge in [0.2, 0.25) is 5.91 Å². The maximum atomic E-state index is 11.3. The molecule has 1 aliphatic heterocycles. The molecule has 0 aromatic heterocycles. The number of piperidine rings is 1. The summed E-state index contributed by atoms with van der Waals surface area (Å²) in [6, 6.07) is 7.67. The third-order valence-electron chi connectivity index (χ3n) is 4.32. The fraction of sp³-hybridized carbons (Fsp3) is 0.579. The van der Waals surface area contributed by atoms with Gasteiger partial charge in [-0.15, -0.1) is 0 Å². The molecule has 136 valence electrons. The SMILES string of the molecule is COc1cc(CCNC(=O)CC#N)ccc1OCCN1CCCCC1. The van der Waals surface area contributed by atoms with Gasteiger partial charge in [-0.3, -0.25) is 9.69 Å². The van der Waals surface area contributed by atoms with Gasteiger partial charge in [-0.1, -0.05) is 12.5 Å². The number of amides is 1. The van der Waals surface area contributed by atoms with Gasteiger partial charge in [0, 0.05) is 13.1 Å². The Hall–Kier alpha value is -2.26. The highest BCUT2D eigenvalue weighted by molar-refractivity contribution is 5.77. The molecule has 1 fully saturated rings. The zero-order chi connectivity index (χ0) is 17.9. The maximum Gasteiger partial charge on any atom is 0.234 e. The van der Waals surface area contributed by atoms with E-state index in [4.69, 9.17) is 14.7 Å². The van der Waals surface area contributed by atoms with Gasteiger partial charge in [-0.05, 0) is 50.0 Å². The lowest BCUT2D eigenvalue weighted by Gasteiger charge is -2.26. The summed E-state index contributed by atoms with van der Waals surface area (Å²) in [5.74, 6) is 1.21. The standard InChI is InChI=1S/C19H27N3O3/c1-24-18-15-16(8-10-21-19(23)7-9-20)5-6-17(18)25-14-13-22-11-3-2-4-12-22/h5-6,15H,2-4,7-8,10-14H2,1H3,(H,21,23). The first-order valence-corrected chi connectivity index (χ1v) is 8.88. The Kier molecular flexibility index (Phi) is 8.06. The summed E-state index contributed by atoms with van der Waals surface area (Å²) in [4.78, 5) is 13.7. The van der Waals surface area contributed by atoms with E-state index in [0.29, 0.717) is 25.3 Å². The average Bonchev–Trinajstić information content (AvgIpc) is 2.63. The van der Waals surface area contributed by atoms with E-state index in [-0.39, 0.29) is 12.3 Å². The Bertz CT molecular complexity index is 592. The molecule has 0 radical (unpaired) electrons. The van der Waals surface area contributed by atoms with Crippen LogP contribution >= 0.6 is 0 Å². The number of methoxy groups -OCH3 is 1. The highest BCUT2D eigenvalue weighted by atomic mass is 16.5. The molecule has 2 rings (SSSR count). The van der Waals surface area contributed by atoms with Crippen LogP contribution in [0.5, 0.6) is 11.5 Å². The molecule has 6 heteroatoms. The van der Waals surface area contributed by atoms with Gasteiger partial charge in [0.25, 0.3) is 0 Å². The van der Waals surface area contributed by atoms with Crippen molar-refractivity contribution in [2.24, 2.45) is 0 Å². The van der Waals surface area contributed by atoms with E-state index in [1.165, 1.54) is 19.3 Å². The summed E-state index contributed by atoms with van der Waals surface area (Å²) in [6.45, 7) is 4.42. The quantitative estimate of drug-likeness (QED) is 0.742. The molecule has 0 atom stereocenters. The number of carbonyl (C=O) groups excluding carboxylic acids is 1. The van der Waals surface area contributed by atoms with Gasteiger partial charge < -0.3 is 14.8 Å². The summed E-state index contributed by atoms with van der Waals surface area (Å²) < 4.78 is 11.3. The number of rotatable bonds is 9. The van der Waals surface area contributed by atoms with Crippen molar-refractivity contribution in [3.63, 3.8) is 0 Å². The predicted molar refractivity (Wildman–Crippen MR) is 95.7 cm³/mol. The van der Waals surface area contributed by atoms with Crippen LogP contribution in [0.15, 0.2) is 18.2 Å². The van der Waals surface area contributed by atoms with E-state index in [1.807, 2.05) is 24.3 Å². The first kappa shape index (κ1) is 19.1. The van der Waals surface area contributed by atoms with Crippen molar-refractivity contribution in [3.8, 4) is 17.6 Å². The Labute approximate surface area is 149 Å². The van der Waals surface area contributed by atoms with E-state index in [9.17, 15) is 4.79 Å². The first-order chi connectivity index (χ1) is 12.2. The molecular weight excluding hydrogens is 318 g/mol. The number of nitriles is 1. The summed E-state index contributed by atoms with van der Waals surface area (Å²) in [5, 5.41) is 11.2. The Morgan fingerprint density at radius 1 is 1.28 bits per heavy atom. The fourth-order valence-electron chi connectivity index (χ4n) is 2.94. The van der Waals surface area contributed by atoms with Crippen molar-refractivity contribution >= 4 is 5.91 Å². The topological polar surface area (TPSA) is 74.6 Å². The lowest BCUT2D eigenvalue weighted by Crippen LogP contribution is -2.33. The van der Waals surface area contributed by atoms with Gasteiger partial charge >= 0.3 is 0 Å². The average molecular weight is 345 g/mol. The monoisotopic (exact) mass is 345 g/mol. The molecule has 1 aromatic carbocycles. The van der Waals surface area contributed by atoms with Gasteiger partial charge in [0.1, 0.15) is 13.0 Å². The van der Waals surface area contributed by atoms with Crippen LogP contribution in [0.2, 0.25) is 0 Å². The number of nitrogens with one attached hydrogen (secondary N) is 1. The van der Waals surface area contributed by atoms with Crippen LogP contribution < -0.4 is 14.8 Å². The van der Waals surface area contributed by atoms with E-state index in [1.54, 1.807) is 7.11 Å². The van der Waals surface area contributed by atoms with Crippen molar-refractivity contribution in [3.05, 3.63) is 23.8 Å². The molecule has 1 N–H and O–H groups in total. The molecule has 0 bridgehead atoms. The minimum Gasteiger partial charge on any atom is -0.493 e. The van der Waals surface area contributed by atoms with Crippen molar-refractivity contribution < 1.29 is 14.3 Å². The van der Waals surface area contributed by atoms with Gasteiger partial charge in [0.05, 0.1) is 13.2 Å². The highest BCUT2D eigenvalue weighted by Crippen LogP contribution is 2.28. The molecule has 0 aliphatic carbocycles. The third-order valence-corrected chi connectivity index (χ3v) is 4.32. The molecule has 1 amide bonds. The van der Waals surface area contributed by atoms with E-state index in [2.05, 4.69) is 10.2 Å². The van der Waals surface area contributed by atoms with Crippen LogP contribution in [0.25, 0.3) is 0 Å². The number of nitrogens with zero attached hydrogens (tertiary/aromatic N) is 2. The molecule has 1 aliphatic rings. The second kappa shape index (κ2) is 10.6. The van der Waals surface area contributed by atoms with Crippen molar-refractivity contribution in [2.45, 2.75) is 32.1 Å². The second-order valence-electron chi connectivity index (χ2n) is 6.17. The summed E-state index contributed by atoms with van der Waals surface area (Å²) in [5.41, 5.74) is 1.05. The highest BCUT2D eigenvalue weighted by Gasteiger charge is 2.11. The van der Waals surface area contributed by atoms with Crippen molar-refractivity contribution in [2.75, 3.05) is 39.9 Å². The molecule has 1 heterocycles. The van der Waals surface area contributed by atoms with E-state index in [0.717, 1.165) is 30.9 Å². The van der Waals surface area contributed by atoms with Crippen LogP contribution in [-0.2, 0) is 11.2 Å². The smallest absolute Gasteiger partial charge is 0.234 e. The number of hydrogen-bond acceptors (Lipinski definition) is 5. The zero-order valence-electron chi connectivity index (χ0n) is 14.9. The molecule has 0 unspecified atom stereocenters.